The Morgan fingerprint density at radius 1 is 0.800 bits per heavy atom. The van der Waals surface area contributed by atoms with Gasteiger partial charge in [-0.25, -0.2) is 0 Å². The number of carboxylic acids is 1. The number of carbonyl (C=O) groups is 1. The van der Waals surface area contributed by atoms with E-state index in [0.717, 1.165) is 58.8 Å². The van der Waals surface area contributed by atoms with Crippen molar-refractivity contribution in [1.29, 1.82) is 0 Å². The van der Waals surface area contributed by atoms with Gasteiger partial charge in [0, 0.05) is 32.6 Å². The summed E-state index contributed by atoms with van der Waals surface area (Å²) in [6.45, 7) is 10.7. The Hall–Kier alpha value is -0.690. The monoisotopic (exact) mass is 288 g/mol. The second kappa shape index (κ2) is 16.4. The summed E-state index contributed by atoms with van der Waals surface area (Å²) < 4.78 is 0. The molecule has 0 amide bonds. The predicted molar refractivity (Wildman–Crippen MR) is 83.3 cm³/mol. The van der Waals surface area contributed by atoms with Crippen LogP contribution in [-0.2, 0) is 4.79 Å². The van der Waals surface area contributed by atoms with E-state index in [1.165, 1.54) is 12.8 Å². The summed E-state index contributed by atoms with van der Waals surface area (Å²) in [4.78, 5) is 9.60. The minimum absolute atomic E-state index is 0.292. The first-order valence-electron chi connectivity index (χ1n) is 7.82. The van der Waals surface area contributed by atoms with Gasteiger partial charge in [-0.2, -0.15) is 0 Å². The van der Waals surface area contributed by atoms with Crippen LogP contribution in [0.3, 0.4) is 0 Å². The SMILES string of the molecule is C1CNCCNCCCNCCNC1.CCCC(=O)O. The van der Waals surface area contributed by atoms with Gasteiger partial charge in [-0.15, -0.1) is 0 Å². The smallest absolute Gasteiger partial charge is 0.303 e. The van der Waals surface area contributed by atoms with Crippen LogP contribution in [0.5, 0.6) is 0 Å². The summed E-state index contributed by atoms with van der Waals surface area (Å²) in [5.41, 5.74) is 0. The van der Waals surface area contributed by atoms with Gasteiger partial charge in [0.05, 0.1) is 0 Å². The summed E-state index contributed by atoms with van der Waals surface area (Å²) in [6.07, 6.45) is 3.47. The molecule has 0 unspecified atom stereocenters. The fourth-order valence-corrected chi connectivity index (χ4v) is 1.74. The Morgan fingerprint density at radius 3 is 1.35 bits per heavy atom. The van der Waals surface area contributed by atoms with Crippen LogP contribution in [-0.4, -0.2) is 63.4 Å². The highest BCUT2D eigenvalue weighted by Gasteiger charge is 1.93. The molecule has 6 nitrogen and oxygen atoms in total. The van der Waals surface area contributed by atoms with Crippen LogP contribution in [0.2, 0.25) is 0 Å². The van der Waals surface area contributed by atoms with Crippen molar-refractivity contribution < 1.29 is 9.90 Å². The predicted octanol–water partition coefficient (Wildman–Crippen LogP) is 0.00970. The molecule has 0 radical (unpaired) electrons. The average molecular weight is 288 g/mol. The molecule has 120 valence electrons. The van der Waals surface area contributed by atoms with E-state index in [1.54, 1.807) is 0 Å². The molecule has 0 saturated carbocycles. The van der Waals surface area contributed by atoms with E-state index in [2.05, 4.69) is 21.3 Å². The van der Waals surface area contributed by atoms with Gasteiger partial charge in [0.25, 0.3) is 0 Å². The van der Waals surface area contributed by atoms with E-state index < -0.39 is 5.97 Å². The third kappa shape index (κ3) is 17.3. The van der Waals surface area contributed by atoms with Gasteiger partial charge in [0.2, 0.25) is 0 Å². The highest BCUT2D eigenvalue weighted by molar-refractivity contribution is 5.66. The first-order valence-corrected chi connectivity index (χ1v) is 7.82. The standard InChI is InChI=1S/C10H24N4.C4H8O2/c1-3-11-7-9-13-5-2-6-14-10-8-12-4-1;1-2-3-4(5)6/h11-14H,1-10H2;2-3H2,1H3,(H,5,6). The van der Waals surface area contributed by atoms with Gasteiger partial charge in [0.1, 0.15) is 0 Å². The molecule has 0 spiro atoms. The van der Waals surface area contributed by atoms with Crippen LogP contribution in [0.25, 0.3) is 0 Å². The lowest BCUT2D eigenvalue weighted by molar-refractivity contribution is -0.137. The maximum atomic E-state index is 9.60. The molecule has 0 aromatic carbocycles. The second-order valence-electron chi connectivity index (χ2n) is 4.85. The fourth-order valence-electron chi connectivity index (χ4n) is 1.74. The highest BCUT2D eigenvalue weighted by Crippen LogP contribution is 1.82. The Bertz CT molecular complexity index is 162. The lowest BCUT2D eigenvalue weighted by atomic mass is 10.3. The van der Waals surface area contributed by atoms with Gasteiger partial charge in [-0.05, 0) is 45.4 Å². The number of hydrogen-bond donors (Lipinski definition) is 5. The normalized spacial score (nSPS) is 19.2. The average Bonchev–Trinajstić information content (AvgIpc) is 2.42. The van der Waals surface area contributed by atoms with Crippen molar-refractivity contribution in [3.63, 3.8) is 0 Å². The Balaban J connectivity index is 0.000000511. The summed E-state index contributed by atoms with van der Waals surface area (Å²) in [5, 5.41) is 21.6. The molecule has 1 aliphatic heterocycles. The van der Waals surface area contributed by atoms with Crippen LogP contribution in [0.4, 0.5) is 0 Å². The molecule has 0 aliphatic carbocycles. The van der Waals surface area contributed by atoms with Crippen LogP contribution in [0.1, 0.15) is 32.6 Å². The van der Waals surface area contributed by atoms with Crippen molar-refractivity contribution in [3.05, 3.63) is 0 Å². The fraction of sp³-hybridized carbons (Fsp3) is 0.929. The summed E-state index contributed by atoms with van der Waals surface area (Å²) in [5.74, 6) is -0.711. The van der Waals surface area contributed by atoms with Gasteiger partial charge in [-0.3, -0.25) is 4.79 Å². The van der Waals surface area contributed by atoms with Crippen LogP contribution in [0, 0.1) is 0 Å². The lowest BCUT2D eigenvalue weighted by Crippen LogP contribution is -2.34. The van der Waals surface area contributed by atoms with E-state index >= 15 is 0 Å². The number of rotatable bonds is 2. The summed E-state index contributed by atoms with van der Waals surface area (Å²) in [7, 11) is 0. The molecule has 1 fully saturated rings. The maximum absolute atomic E-state index is 9.60. The van der Waals surface area contributed by atoms with Crippen LogP contribution < -0.4 is 21.3 Å². The largest absolute Gasteiger partial charge is 0.481 e. The third-order valence-corrected chi connectivity index (χ3v) is 2.84. The van der Waals surface area contributed by atoms with E-state index in [-0.39, 0.29) is 0 Å². The zero-order chi connectivity index (χ0) is 14.9. The third-order valence-electron chi connectivity index (χ3n) is 2.84. The van der Waals surface area contributed by atoms with E-state index in [0.29, 0.717) is 6.42 Å². The van der Waals surface area contributed by atoms with Crippen molar-refractivity contribution in [1.82, 2.24) is 21.3 Å². The van der Waals surface area contributed by atoms with Crippen molar-refractivity contribution in [3.8, 4) is 0 Å². The quantitative estimate of drug-likeness (QED) is 0.492. The van der Waals surface area contributed by atoms with E-state index in [9.17, 15) is 4.79 Å². The first kappa shape index (κ1) is 19.3. The van der Waals surface area contributed by atoms with Crippen molar-refractivity contribution in [2.45, 2.75) is 32.6 Å². The number of aliphatic carboxylic acids is 1. The Kier molecular flexibility index (Phi) is 15.8. The topological polar surface area (TPSA) is 85.4 Å². The lowest BCUT2D eigenvalue weighted by Gasteiger charge is -2.10. The van der Waals surface area contributed by atoms with Gasteiger partial charge >= 0.3 is 5.97 Å². The van der Waals surface area contributed by atoms with Gasteiger partial charge in [0.15, 0.2) is 0 Å². The molecule has 0 aromatic heterocycles. The van der Waals surface area contributed by atoms with E-state index in [4.69, 9.17) is 5.11 Å². The zero-order valence-corrected chi connectivity index (χ0v) is 12.8. The molecule has 1 rings (SSSR count). The minimum Gasteiger partial charge on any atom is -0.481 e. The molecule has 0 aromatic rings. The molecule has 0 bridgehead atoms. The summed E-state index contributed by atoms with van der Waals surface area (Å²) >= 11 is 0. The molecule has 1 aliphatic rings. The van der Waals surface area contributed by atoms with Crippen molar-refractivity contribution >= 4 is 5.97 Å². The second-order valence-corrected chi connectivity index (χ2v) is 4.85. The Morgan fingerprint density at radius 2 is 1.15 bits per heavy atom. The van der Waals surface area contributed by atoms with Crippen LogP contribution in [0.15, 0.2) is 0 Å². The number of carboxylic acid groups (broad SMARTS) is 1. The molecule has 1 saturated heterocycles. The van der Waals surface area contributed by atoms with E-state index in [1.807, 2.05) is 6.92 Å². The zero-order valence-electron chi connectivity index (χ0n) is 12.8. The molecule has 1 heterocycles. The molecule has 6 heteroatoms. The van der Waals surface area contributed by atoms with Crippen molar-refractivity contribution in [2.75, 3.05) is 52.4 Å². The number of hydrogen-bond acceptors (Lipinski definition) is 5. The van der Waals surface area contributed by atoms with Crippen molar-refractivity contribution in [2.24, 2.45) is 0 Å². The number of nitrogens with one attached hydrogen (secondary N) is 4. The molecular formula is C14H32N4O2. The molecule has 5 N–H and O–H groups in total. The van der Waals surface area contributed by atoms with Gasteiger partial charge in [-0.1, -0.05) is 6.92 Å². The Labute approximate surface area is 123 Å². The molecular weight excluding hydrogens is 256 g/mol. The first-order chi connectivity index (χ1) is 9.77. The van der Waals surface area contributed by atoms with Crippen LogP contribution >= 0.6 is 0 Å². The molecule has 20 heavy (non-hydrogen) atoms. The molecule has 0 atom stereocenters. The minimum atomic E-state index is -0.711. The summed E-state index contributed by atoms with van der Waals surface area (Å²) in [6, 6.07) is 0. The van der Waals surface area contributed by atoms with Gasteiger partial charge < -0.3 is 26.4 Å². The highest BCUT2D eigenvalue weighted by atomic mass is 16.4. The maximum Gasteiger partial charge on any atom is 0.303 e.